The number of nitro groups is 1. The molecule has 174 valence electrons. The topological polar surface area (TPSA) is 138 Å². The van der Waals surface area contributed by atoms with Crippen molar-refractivity contribution in [2.75, 3.05) is 19.7 Å². The van der Waals surface area contributed by atoms with Crippen LogP contribution in [-0.4, -0.2) is 47.5 Å². The molecule has 1 aliphatic heterocycles. The molecule has 0 amide bonds. The maximum atomic E-state index is 12.7. The van der Waals surface area contributed by atoms with Gasteiger partial charge in [0.1, 0.15) is 5.75 Å². The van der Waals surface area contributed by atoms with Gasteiger partial charge < -0.3 is 14.0 Å². The van der Waals surface area contributed by atoms with Gasteiger partial charge in [0, 0.05) is 19.2 Å². The Bertz CT molecular complexity index is 1250. The van der Waals surface area contributed by atoms with Crippen LogP contribution in [0, 0.1) is 10.1 Å². The quantitative estimate of drug-likeness (QED) is 0.337. The Kier molecular flexibility index (Phi) is 6.56. The molecule has 1 aliphatic rings. The number of para-hydroxylation sites is 1. The number of hydrogen-bond acceptors (Lipinski definition) is 9. The molecule has 11 nitrogen and oxygen atoms in total. The minimum absolute atomic E-state index is 0.0966. The van der Waals surface area contributed by atoms with Crippen molar-refractivity contribution in [2.24, 2.45) is 0 Å². The molecule has 1 fully saturated rings. The summed E-state index contributed by atoms with van der Waals surface area (Å²) in [5.74, 6) is 0.882. The molecule has 0 bridgehead atoms. The molecule has 0 radical (unpaired) electrons. The van der Waals surface area contributed by atoms with Crippen LogP contribution < -0.4 is 9.47 Å². The van der Waals surface area contributed by atoms with Crippen LogP contribution in [0.5, 0.6) is 11.5 Å². The highest BCUT2D eigenvalue weighted by molar-refractivity contribution is 7.89. The lowest BCUT2D eigenvalue weighted by atomic mass is 10.2. The van der Waals surface area contributed by atoms with Gasteiger partial charge in [-0.3, -0.25) is 10.1 Å². The molecule has 4 rings (SSSR count). The summed E-state index contributed by atoms with van der Waals surface area (Å²) in [5, 5.41) is 15.5. The van der Waals surface area contributed by atoms with Crippen molar-refractivity contribution in [3.63, 3.8) is 0 Å². The van der Waals surface area contributed by atoms with Gasteiger partial charge in [0.15, 0.2) is 12.4 Å². The number of ether oxygens (including phenoxy) is 2. The number of hydrogen-bond donors (Lipinski definition) is 0. The summed E-state index contributed by atoms with van der Waals surface area (Å²) in [4.78, 5) is 15.0. The van der Waals surface area contributed by atoms with E-state index in [0.29, 0.717) is 36.8 Å². The second-order valence-corrected chi connectivity index (χ2v) is 9.17. The zero-order chi connectivity index (χ0) is 23.4. The lowest BCUT2D eigenvalue weighted by Crippen LogP contribution is -2.27. The van der Waals surface area contributed by atoms with Crippen molar-refractivity contribution in [2.45, 2.75) is 31.3 Å². The fourth-order valence-corrected chi connectivity index (χ4v) is 5.03. The van der Waals surface area contributed by atoms with E-state index in [1.54, 1.807) is 12.1 Å². The third-order valence-electron chi connectivity index (χ3n) is 5.08. The number of nitrogens with zero attached hydrogens (tertiary/aromatic N) is 4. The van der Waals surface area contributed by atoms with E-state index < -0.39 is 20.6 Å². The highest BCUT2D eigenvalue weighted by Gasteiger charge is 2.30. The van der Waals surface area contributed by atoms with E-state index in [4.69, 9.17) is 14.0 Å². The summed E-state index contributed by atoms with van der Waals surface area (Å²) in [6, 6.07) is 10.8. The number of rotatable bonds is 9. The van der Waals surface area contributed by atoms with Crippen molar-refractivity contribution in [3.05, 3.63) is 58.5 Å². The van der Waals surface area contributed by atoms with Crippen molar-refractivity contribution in [1.82, 2.24) is 14.4 Å². The largest absolute Gasteiger partial charge is 0.493 e. The van der Waals surface area contributed by atoms with E-state index in [-0.39, 0.29) is 23.1 Å². The van der Waals surface area contributed by atoms with Gasteiger partial charge in [0.2, 0.25) is 15.8 Å². The van der Waals surface area contributed by atoms with Gasteiger partial charge in [-0.05, 0) is 44.0 Å². The number of aromatic nitrogens is 2. The van der Waals surface area contributed by atoms with Gasteiger partial charge in [-0.15, -0.1) is 0 Å². The SMILES string of the molecule is CCOc1ccccc1-c1noc(COc2ccc(S(=O)(=O)N3CCCC3)cc2[N+](=O)[O-])n1. The second-order valence-electron chi connectivity index (χ2n) is 7.23. The number of benzene rings is 2. The summed E-state index contributed by atoms with van der Waals surface area (Å²) in [6.07, 6.45) is 1.54. The molecule has 0 aliphatic carbocycles. The first-order valence-corrected chi connectivity index (χ1v) is 11.8. The highest BCUT2D eigenvalue weighted by Crippen LogP contribution is 2.33. The summed E-state index contributed by atoms with van der Waals surface area (Å²) in [6.45, 7) is 2.91. The van der Waals surface area contributed by atoms with Crippen LogP contribution >= 0.6 is 0 Å². The van der Waals surface area contributed by atoms with Crippen LogP contribution in [0.25, 0.3) is 11.4 Å². The van der Waals surface area contributed by atoms with Crippen LogP contribution in [0.15, 0.2) is 51.9 Å². The maximum Gasteiger partial charge on any atom is 0.312 e. The molecule has 2 heterocycles. The minimum atomic E-state index is -3.79. The van der Waals surface area contributed by atoms with Gasteiger partial charge >= 0.3 is 5.69 Å². The zero-order valence-electron chi connectivity index (χ0n) is 17.8. The minimum Gasteiger partial charge on any atom is -0.493 e. The van der Waals surface area contributed by atoms with Gasteiger partial charge in [0.05, 0.1) is 22.0 Å². The Hall–Kier alpha value is -3.51. The van der Waals surface area contributed by atoms with E-state index in [2.05, 4.69) is 10.1 Å². The fraction of sp³-hybridized carbons (Fsp3) is 0.333. The third kappa shape index (κ3) is 4.81. The monoisotopic (exact) mass is 474 g/mol. The van der Waals surface area contributed by atoms with Gasteiger partial charge in [0.25, 0.3) is 5.89 Å². The molecular weight excluding hydrogens is 452 g/mol. The lowest BCUT2D eigenvalue weighted by molar-refractivity contribution is -0.386. The lowest BCUT2D eigenvalue weighted by Gasteiger charge is -2.15. The normalized spacial score (nSPS) is 14.3. The summed E-state index contributed by atoms with van der Waals surface area (Å²) < 4.78 is 43.1. The Balaban J connectivity index is 1.53. The Labute approximate surface area is 190 Å². The van der Waals surface area contributed by atoms with Crippen molar-refractivity contribution in [3.8, 4) is 22.9 Å². The first-order valence-electron chi connectivity index (χ1n) is 10.4. The van der Waals surface area contributed by atoms with Crippen molar-refractivity contribution in [1.29, 1.82) is 0 Å². The predicted octanol–water partition coefficient (Wildman–Crippen LogP) is 3.41. The van der Waals surface area contributed by atoms with Crippen LogP contribution in [-0.2, 0) is 16.6 Å². The maximum absolute atomic E-state index is 12.7. The molecule has 33 heavy (non-hydrogen) atoms. The molecule has 1 saturated heterocycles. The molecule has 0 atom stereocenters. The fourth-order valence-electron chi connectivity index (χ4n) is 3.50. The molecule has 0 spiro atoms. The first kappa shape index (κ1) is 22.7. The predicted molar refractivity (Wildman–Crippen MR) is 116 cm³/mol. The van der Waals surface area contributed by atoms with E-state index in [1.165, 1.54) is 16.4 Å². The third-order valence-corrected chi connectivity index (χ3v) is 6.97. The van der Waals surface area contributed by atoms with Gasteiger partial charge in [-0.25, -0.2) is 8.42 Å². The Morgan fingerprint density at radius 1 is 1.12 bits per heavy atom. The smallest absolute Gasteiger partial charge is 0.312 e. The van der Waals surface area contributed by atoms with Crippen molar-refractivity contribution < 1.29 is 27.3 Å². The average Bonchev–Trinajstić information content (AvgIpc) is 3.51. The molecule has 0 N–H and O–H groups in total. The van der Waals surface area contributed by atoms with Crippen LogP contribution in [0.1, 0.15) is 25.7 Å². The van der Waals surface area contributed by atoms with E-state index in [9.17, 15) is 18.5 Å². The van der Waals surface area contributed by atoms with Crippen LogP contribution in [0.3, 0.4) is 0 Å². The van der Waals surface area contributed by atoms with Crippen LogP contribution in [0.2, 0.25) is 0 Å². The molecule has 2 aromatic carbocycles. The van der Waals surface area contributed by atoms with Crippen LogP contribution in [0.4, 0.5) is 5.69 Å². The molecular formula is C21H22N4O7S. The summed E-state index contributed by atoms with van der Waals surface area (Å²) in [7, 11) is -3.79. The van der Waals surface area contributed by atoms with E-state index >= 15 is 0 Å². The average molecular weight is 474 g/mol. The summed E-state index contributed by atoms with van der Waals surface area (Å²) in [5.41, 5.74) is 0.175. The zero-order valence-corrected chi connectivity index (χ0v) is 18.7. The molecule has 1 aromatic heterocycles. The van der Waals surface area contributed by atoms with E-state index in [1.807, 2.05) is 19.1 Å². The van der Waals surface area contributed by atoms with Gasteiger partial charge in [-0.1, -0.05) is 17.3 Å². The highest BCUT2D eigenvalue weighted by atomic mass is 32.2. The van der Waals surface area contributed by atoms with Crippen molar-refractivity contribution >= 4 is 15.7 Å². The summed E-state index contributed by atoms with van der Waals surface area (Å²) >= 11 is 0. The molecule has 12 heteroatoms. The molecule has 0 unspecified atom stereocenters. The number of sulfonamides is 1. The number of nitro benzene ring substituents is 1. The van der Waals surface area contributed by atoms with E-state index in [0.717, 1.165) is 18.9 Å². The first-order chi connectivity index (χ1) is 15.9. The second kappa shape index (κ2) is 9.55. The molecule has 3 aromatic rings. The standard InChI is InChI=1S/C21H22N4O7S/c1-2-30-18-8-4-3-7-16(18)21-22-20(32-23-21)14-31-19-10-9-15(13-17(19)25(26)27)33(28,29)24-11-5-6-12-24/h3-4,7-10,13H,2,5-6,11-12,14H2,1H3. The van der Waals surface area contributed by atoms with Gasteiger partial charge in [-0.2, -0.15) is 9.29 Å². The molecule has 0 saturated carbocycles. The Morgan fingerprint density at radius 3 is 2.61 bits per heavy atom. The Morgan fingerprint density at radius 2 is 1.88 bits per heavy atom.